The van der Waals surface area contributed by atoms with Gasteiger partial charge in [-0.15, -0.1) is 0 Å². The molecular weight excluding hydrogens is 208 g/mol. The number of esters is 1. The largest absolute Gasteiger partial charge is 0.459 e. The molecule has 1 rings (SSSR count). The van der Waals surface area contributed by atoms with Crippen molar-refractivity contribution in [1.29, 1.82) is 0 Å². The second-order valence-electron chi connectivity index (χ2n) is 3.05. The summed E-state index contributed by atoms with van der Waals surface area (Å²) < 4.78 is 4.54. The van der Waals surface area contributed by atoms with E-state index in [1.807, 2.05) is 18.2 Å². The van der Waals surface area contributed by atoms with Crippen LogP contribution in [0.25, 0.3) is 0 Å². The van der Waals surface area contributed by atoms with E-state index in [9.17, 15) is 9.59 Å². The standard InChI is InChI=1S/C11H14N2O3/c1-2-16-11(15)10(14)13-8-6-9-5-3-4-7-12-9/h3-5,7H,2,6,8H2,1H3,(H,13,14). The normalized spacial score (nSPS) is 9.56. The molecule has 0 bridgehead atoms. The van der Waals surface area contributed by atoms with Crippen LogP contribution in [0.15, 0.2) is 24.4 Å². The second kappa shape index (κ2) is 6.55. The predicted molar refractivity (Wildman–Crippen MR) is 57.6 cm³/mol. The summed E-state index contributed by atoms with van der Waals surface area (Å²) >= 11 is 0. The van der Waals surface area contributed by atoms with Crippen LogP contribution in [0.1, 0.15) is 12.6 Å². The lowest BCUT2D eigenvalue weighted by Crippen LogP contribution is -2.33. The molecule has 0 spiro atoms. The first kappa shape index (κ1) is 12.2. The summed E-state index contributed by atoms with van der Waals surface area (Å²) in [5.74, 6) is -1.55. The van der Waals surface area contributed by atoms with Crippen LogP contribution in [0, 0.1) is 0 Å². The number of hydrogen-bond acceptors (Lipinski definition) is 4. The minimum Gasteiger partial charge on any atom is -0.459 e. The third-order valence-electron chi connectivity index (χ3n) is 1.85. The average Bonchev–Trinajstić information content (AvgIpc) is 2.30. The Hall–Kier alpha value is -1.91. The van der Waals surface area contributed by atoms with Gasteiger partial charge in [0.1, 0.15) is 0 Å². The topological polar surface area (TPSA) is 68.3 Å². The molecule has 1 amide bonds. The van der Waals surface area contributed by atoms with E-state index < -0.39 is 11.9 Å². The molecule has 1 aromatic rings. The SMILES string of the molecule is CCOC(=O)C(=O)NCCc1ccccn1. The monoisotopic (exact) mass is 222 g/mol. The molecule has 86 valence electrons. The van der Waals surface area contributed by atoms with E-state index in [4.69, 9.17) is 0 Å². The molecule has 0 aliphatic rings. The van der Waals surface area contributed by atoms with Crippen LogP contribution in [0.2, 0.25) is 0 Å². The van der Waals surface area contributed by atoms with Gasteiger partial charge in [-0.05, 0) is 19.1 Å². The molecule has 0 radical (unpaired) electrons. The van der Waals surface area contributed by atoms with E-state index in [2.05, 4.69) is 15.0 Å². The molecule has 1 N–H and O–H groups in total. The fraction of sp³-hybridized carbons (Fsp3) is 0.364. The highest BCUT2D eigenvalue weighted by Gasteiger charge is 2.13. The summed E-state index contributed by atoms with van der Waals surface area (Å²) in [6.45, 7) is 2.22. The molecule has 0 aliphatic heterocycles. The summed E-state index contributed by atoms with van der Waals surface area (Å²) in [7, 11) is 0. The Bertz CT molecular complexity index is 352. The first-order valence-corrected chi connectivity index (χ1v) is 5.09. The molecule has 0 saturated heterocycles. The second-order valence-corrected chi connectivity index (χ2v) is 3.05. The molecule has 5 nitrogen and oxygen atoms in total. The Kier molecular flexibility index (Phi) is 4.98. The smallest absolute Gasteiger partial charge is 0.396 e. The van der Waals surface area contributed by atoms with Gasteiger partial charge in [0.15, 0.2) is 0 Å². The summed E-state index contributed by atoms with van der Waals surface area (Å²) in [6.07, 6.45) is 2.27. The number of rotatable bonds is 4. The number of ether oxygens (including phenoxy) is 1. The van der Waals surface area contributed by atoms with E-state index in [-0.39, 0.29) is 6.61 Å². The first-order valence-electron chi connectivity index (χ1n) is 5.09. The highest BCUT2D eigenvalue weighted by molar-refractivity contribution is 6.32. The summed E-state index contributed by atoms with van der Waals surface area (Å²) in [4.78, 5) is 26.1. The lowest BCUT2D eigenvalue weighted by molar-refractivity contribution is -0.154. The first-order chi connectivity index (χ1) is 7.74. The Labute approximate surface area is 93.8 Å². The minimum atomic E-state index is -0.844. The molecule has 0 aromatic carbocycles. The number of hydrogen-bond donors (Lipinski definition) is 1. The maximum atomic E-state index is 11.1. The Balaban J connectivity index is 2.26. The molecule has 0 atom stereocenters. The molecule has 1 heterocycles. The Morgan fingerprint density at radius 2 is 2.25 bits per heavy atom. The highest BCUT2D eigenvalue weighted by atomic mass is 16.5. The molecule has 1 aromatic heterocycles. The quantitative estimate of drug-likeness (QED) is 0.587. The van der Waals surface area contributed by atoms with Crippen LogP contribution >= 0.6 is 0 Å². The lowest BCUT2D eigenvalue weighted by Gasteiger charge is -2.03. The van der Waals surface area contributed by atoms with Crippen molar-refractivity contribution in [3.63, 3.8) is 0 Å². The zero-order valence-electron chi connectivity index (χ0n) is 9.10. The van der Waals surface area contributed by atoms with Gasteiger partial charge in [0.2, 0.25) is 0 Å². The average molecular weight is 222 g/mol. The summed E-state index contributed by atoms with van der Waals surface area (Å²) in [6, 6.07) is 5.55. The van der Waals surface area contributed by atoms with Crippen molar-refractivity contribution in [1.82, 2.24) is 10.3 Å². The van der Waals surface area contributed by atoms with Crippen LogP contribution in [-0.2, 0) is 20.7 Å². The highest BCUT2D eigenvalue weighted by Crippen LogP contribution is 1.93. The minimum absolute atomic E-state index is 0.201. The van der Waals surface area contributed by atoms with Crippen molar-refractivity contribution in [3.05, 3.63) is 30.1 Å². The number of carbonyl (C=O) groups excluding carboxylic acids is 2. The van der Waals surface area contributed by atoms with Gasteiger partial charge in [0.05, 0.1) is 6.61 Å². The molecular formula is C11H14N2O3. The van der Waals surface area contributed by atoms with Gasteiger partial charge >= 0.3 is 11.9 Å². The van der Waals surface area contributed by atoms with Gasteiger partial charge in [-0.25, -0.2) is 4.79 Å². The third kappa shape index (κ3) is 4.08. The fourth-order valence-electron chi connectivity index (χ4n) is 1.12. The third-order valence-corrected chi connectivity index (χ3v) is 1.85. The van der Waals surface area contributed by atoms with Crippen LogP contribution in [0.4, 0.5) is 0 Å². The van der Waals surface area contributed by atoms with Crippen LogP contribution in [0.5, 0.6) is 0 Å². The van der Waals surface area contributed by atoms with E-state index in [1.165, 1.54) is 0 Å². The van der Waals surface area contributed by atoms with E-state index in [1.54, 1.807) is 13.1 Å². The molecule has 5 heteroatoms. The lowest BCUT2D eigenvalue weighted by atomic mass is 10.3. The number of carbonyl (C=O) groups is 2. The molecule has 16 heavy (non-hydrogen) atoms. The van der Waals surface area contributed by atoms with Crippen molar-refractivity contribution >= 4 is 11.9 Å². The Morgan fingerprint density at radius 1 is 1.44 bits per heavy atom. The maximum Gasteiger partial charge on any atom is 0.396 e. The summed E-state index contributed by atoms with van der Waals surface area (Å²) in [5.41, 5.74) is 0.867. The van der Waals surface area contributed by atoms with Crippen molar-refractivity contribution in [2.75, 3.05) is 13.2 Å². The molecule has 0 aliphatic carbocycles. The predicted octanol–water partition coefficient (Wildman–Crippen LogP) is 0.303. The van der Waals surface area contributed by atoms with Gasteiger partial charge in [-0.2, -0.15) is 0 Å². The van der Waals surface area contributed by atoms with E-state index in [0.29, 0.717) is 13.0 Å². The van der Waals surface area contributed by atoms with Gasteiger partial charge in [-0.1, -0.05) is 6.07 Å². The van der Waals surface area contributed by atoms with Crippen molar-refractivity contribution in [2.45, 2.75) is 13.3 Å². The van der Waals surface area contributed by atoms with Gasteiger partial charge in [0.25, 0.3) is 0 Å². The van der Waals surface area contributed by atoms with Gasteiger partial charge < -0.3 is 10.1 Å². The van der Waals surface area contributed by atoms with Gasteiger partial charge in [0, 0.05) is 24.9 Å². The van der Waals surface area contributed by atoms with Crippen molar-refractivity contribution < 1.29 is 14.3 Å². The fourth-order valence-corrected chi connectivity index (χ4v) is 1.12. The number of pyridine rings is 1. The molecule has 0 saturated carbocycles. The van der Waals surface area contributed by atoms with E-state index >= 15 is 0 Å². The van der Waals surface area contributed by atoms with Crippen molar-refractivity contribution in [3.8, 4) is 0 Å². The molecule has 0 fully saturated rings. The van der Waals surface area contributed by atoms with Crippen molar-refractivity contribution in [2.24, 2.45) is 0 Å². The number of nitrogens with zero attached hydrogens (tertiary/aromatic N) is 1. The number of aromatic nitrogens is 1. The van der Waals surface area contributed by atoms with Crippen LogP contribution < -0.4 is 5.32 Å². The maximum absolute atomic E-state index is 11.1. The Morgan fingerprint density at radius 3 is 2.88 bits per heavy atom. The summed E-state index contributed by atoms with van der Waals surface area (Å²) in [5, 5.41) is 2.46. The van der Waals surface area contributed by atoms with E-state index in [0.717, 1.165) is 5.69 Å². The number of amides is 1. The van der Waals surface area contributed by atoms with Crippen LogP contribution in [-0.4, -0.2) is 30.0 Å². The van der Waals surface area contributed by atoms with Gasteiger partial charge in [-0.3, -0.25) is 9.78 Å². The molecule has 0 unspecified atom stereocenters. The zero-order chi connectivity index (χ0) is 11.8. The zero-order valence-corrected chi connectivity index (χ0v) is 9.10. The van der Waals surface area contributed by atoms with Crippen LogP contribution in [0.3, 0.4) is 0 Å². The number of nitrogens with one attached hydrogen (secondary N) is 1.